The number of allylic oxidation sites excluding steroid dienone is 1. The molecule has 1 aliphatic heterocycles. The van der Waals surface area contributed by atoms with Crippen LogP contribution in [0.4, 0.5) is 0 Å². The number of rotatable bonds is 4. The van der Waals surface area contributed by atoms with Crippen LogP contribution in [0.25, 0.3) is 0 Å². The Kier molecular flexibility index (Phi) is 4.58. The van der Waals surface area contributed by atoms with Crippen molar-refractivity contribution >= 4 is 23.3 Å². The summed E-state index contributed by atoms with van der Waals surface area (Å²) in [4.78, 5) is 25.9. The molecule has 4 rings (SSSR count). The second-order valence-electron chi connectivity index (χ2n) is 6.52. The van der Waals surface area contributed by atoms with E-state index in [0.717, 1.165) is 21.6 Å². The number of cyclic esters (lactones) is 1. The molecule has 0 amide bonds. The van der Waals surface area contributed by atoms with Crippen molar-refractivity contribution < 1.29 is 24.2 Å². The summed E-state index contributed by atoms with van der Waals surface area (Å²) in [7, 11) is 1.27. The first kappa shape index (κ1) is 17.5. The molecule has 2 aromatic rings. The maximum atomic E-state index is 12.4. The molecular formula is C21H18O5S. The molecule has 0 bridgehead atoms. The lowest BCUT2D eigenvalue weighted by Crippen LogP contribution is -2.24. The Balaban J connectivity index is 1.82. The minimum atomic E-state index is -0.666. The summed E-state index contributed by atoms with van der Waals surface area (Å²) in [5.41, 5.74) is 3.28. The fourth-order valence-corrected chi connectivity index (χ4v) is 4.67. The van der Waals surface area contributed by atoms with Crippen molar-refractivity contribution in [3.8, 4) is 0 Å². The van der Waals surface area contributed by atoms with Crippen molar-refractivity contribution in [3.05, 3.63) is 80.3 Å². The highest BCUT2D eigenvalue weighted by molar-refractivity contribution is 7.10. The van der Waals surface area contributed by atoms with Gasteiger partial charge in [-0.2, -0.15) is 0 Å². The van der Waals surface area contributed by atoms with Gasteiger partial charge in [-0.3, -0.25) is 0 Å². The molecule has 1 aromatic carbocycles. The van der Waals surface area contributed by atoms with E-state index in [9.17, 15) is 14.7 Å². The lowest BCUT2D eigenvalue weighted by Gasteiger charge is -2.25. The number of hydrogen-bond acceptors (Lipinski definition) is 6. The highest BCUT2D eigenvalue weighted by Gasteiger charge is 2.43. The summed E-state index contributed by atoms with van der Waals surface area (Å²) in [5, 5.41) is 12.5. The molecule has 6 heteroatoms. The SMILES string of the molecule is COC(=O)C1=C(O)CC2=C(C(=O)OC2)C1c1ccsc1Cc1ccccc1. The van der Waals surface area contributed by atoms with Gasteiger partial charge in [0.25, 0.3) is 0 Å². The third-order valence-electron chi connectivity index (χ3n) is 4.95. The highest BCUT2D eigenvalue weighted by atomic mass is 32.1. The molecule has 0 saturated carbocycles. The van der Waals surface area contributed by atoms with Gasteiger partial charge in [-0.1, -0.05) is 30.3 Å². The number of esters is 2. The summed E-state index contributed by atoms with van der Waals surface area (Å²) in [5.74, 6) is -1.77. The smallest absolute Gasteiger partial charge is 0.338 e. The van der Waals surface area contributed by atoms with E-state index in [2.05, 4.69) is 0 Å². The van der Waals surface area contributed by atoms with Crippen molar-refractivity contribution in [3.63, 3.8) is 0 Å². The Morgan fingerprint density at radius 1 is 1.30 bits per heavy atom. The Morgan fingerprint density at radius 3 is 2.81 bits per heavy atom. The number of benzene rings is 1. The largest absolute Gasteiger partial charge is 0.511 e. The predicted octanol–water partition coefficient (Wildman–Crippen LogP) is 3.66. The maximum Gasteiger partial charge on any atom is 0.338 e. The van der Waals surface area contributed by atoms with Gasteiger partial charge in [0, 0.05) is 17.7 Å². The van der Waals surface area contributed by atoms with E-state index in [1.165, 1.54) is 7.11 Å². The molecule has 1 aliphatic carbocycles. The fourth-order valence-electron chi connectivity index (χ4n) is 3.72. The molecule has 0 fully saturated rings. The molecule has 1 aromatic heterocycles. The zero-order valence-electron chi connectivity index (χ0n) is 14.7. The van der Waals surface area contributed by atoms with E-state index in [4.69, 9.17) is 9.47 Å². The van der Waals surface area contributed by atoms with E-state index >= 15 is 0 Å². The molecule has 0 spiro atoms. The van der Waals surface area contributed by atoms with Crippen LogP contribution in [-0.4, -0.2) is 30.8 Å². The second kappa shape index (κ2) is 7.04. The third-order valence-corrected chi connectivity index (χ3v) is 5.89. The molecule has 2 aliphatic rings. The van der Waals surface area contributed by atoms with Gasteiger partial charge >= 0.3 is 11.9 Å². The zero-order valence-corrected chi connectivity index (χ0v) is 15.5. The third kappa shape index (κ3) is 3.06. The number of thiophene rings is 1. The van der Waals surface area contributed by atoms with Crippen LogP contribution in [0.5, 0.6) is 0 Å². The molecule has 0 radical (unpaired) electrons. The van der Waals surface area contributed by atoms with Gasteiger partial charge in [-0.25, -0.2) is 9.59 Å². The van der Waals surface area contributed by atoms with Crippen LogP contribution < -0.4 is 0 Å². The summed E-state index contributed by atoms with van der Waals surface area (Å²) >= 11 is 1.56. The predicted molar refractivity (Wildman–Crippen MR) is 101 cm³/mol. The summed E-state index contributed by atoms with van der Waals surface area (Å²) < 4.78 is 10.1. The first-order valence-electron chi connectivity index (χ1n) is 8.59. The Morgan fingerprint density at radius 2 is 2.07 bits per heavy atom. The first-order chi connectivity index (χ1) is 13.1. The highest BCUT2D eigenvalue weighted by Crippen LogP contribution is 2.46. The van der Waals surface area contributed by atoms with Gasteiger partial charge < -0.3 is 14.6 Å². The fraction of sp³-hybridized carbons (Fsp3) is 0.238. The summed E-state index contributed by atoms with van der Waals surface area (Å²) in [6.07, 6.45) is 0.817. The number of aliphatic hydroxyl groups is 1. The van der Waals surface area contributed by atoms with Gasteiger partial charge in [0.05, 0.1) is 24.2 Å². The van der Waals surface area contributed by atoms with Crippen molar-refractivity contribution in [1.29, 1.82) is 0 Å². The number of ether oxygens (including phenoxy) is 2. The molecule has 1 atom stereocenters. The Hall–Kier alpha value is -2.86. The molecule has 2 heterocycles. The lowest BCUT2D eigenvalue weighted by atomic mass is 9.77. The van der Waals surface area contributed by atoms with E-state index in [-0.39, 0.29) is 24.4 Å². The van der Waals surface area contributed by atoms with Gasteiger partial charge in [0.1, 0.15) is 12.4 Å². The topological polar surface area (TPSA) is 72.8 Å². The van der Waals surface area contributed by atoms with Crippen LogP contribution in [0.15, 0.2) is 64.3 Å². The number of carbonyl (C=O) groups excluding carboxylic acids is 2. The molecule has 1 N–H and O–H groups in total. The van der Waals surface area contributed by atoms with Gasteiger partial charge in [-0.15, -0.1) is 11.3 Å². The Labute approximate surface area is 160 Å². The monoisotopic (exact) mass is 382 g/mol. The molecule has 0 saturated heterocycles. The quantitative estimate of drug-likeness (QED) is 0.817. The maximum absolute atomic E-state index is 12.4. The van der Waals surface area contributed by atoms with E-state index < -0.39 is 17.9 Å². The number of methoxy groups -OCH3 is 1. The molecular weight excluding hydrogens is 364 g/mol. The molecule has 1 unspecified atom stereocenters. The minimum absolute atomic E-state index is 0.0549. The van der Waals surface area contributed by atoms with Crippen molar-refractivity contribution in [1.82, 2.24) is 0 Å². The summed E-state index contributed by atoms with van der Waals surface area (Å²) in [6, 6.07) is 11.9. The number of hydrogen-bond donors (Lipinski definition) is 1. The van der Waals surface area contributed by atoms with Crippen molar-refractivity contribution in [2.45, 2.75) is 18.8 Å². The van der Waals surface area contributed by atoms with Gasteiger partial charge in [-0.05, 0) is 28.1 Å². The number of aliphatic hydroxyl groups excluding tert-OH is 1. The normalized spacial score (nSPS) is 19.1. The second-order valence-corrected chi connectivity index (χ2v) is 7.52. The van der Waals surface area contributed by atoms with E-state index in [0.29, 0.717) is 12.0 Å². The average Bonchev–Trinajstić information content (AvgIpc) is 3.27. The van der Waals surface area contributed by atoms with Crippen LogP contribution in [0.3, 0.4) is 0 Å². The zero-order chi connectivity index (χ0) is 19.0. The van der Waals surface area contributed by atoms with Crippen molar-refractivity contribution in [2.75, 3.05) is 13.7 Å². The molecule has 138 valence electrons. The lowest BCUT2D eigenvalue weighted by molar-refractivity contribution is -0.136. The van der Waals surface area contributed by atoms with Crippen LogP contribution in [0.2, 0.25) is 0 Å². The Bertz CT molecular complexity index is 967. The standard InChI is InChI=1S/C21H18O5S/c1-25-20(23)19-15(22)10-13-11-26-21(24)17(13)18(19)14-7-8-27-16(14)9-12-5-3-2-4-6-12/h2-8,18,22H,9-11H2,1H3. The van der Waals surface area contributed by atoms with Crippen LogP contribution in [0.1, 0.15) is 28.3 Å². The first-order valence-corrected chi connectivity index (χ1v) is 9.47. The van der Waals surface area contributed by atoms with Crippen LogP contribution in [0, 0.1) is 0 Å². The summed E-state index contributed by atoms with van der Waals surface area (Å²) in [6.45, 7) is 0.154. The van der Waals surface area contributed by atoms with E-state index in [1.54, 1.807) is 11.3 Å². The van der Waals surface area contributed by atoms with Gasteiger partial charge in [0.15, 0.2) is 0 Å². The molecule has 27 heavy (non-hydrogen) atoms. The average molecular weight is 382 g/mol. The minimum Gasteiger partial charge on any atom is -0.511 e. The van der Waals surface area contributed by atoms with Crippen LogP contribution in [-0.2, 0) is 25.5 Å². The molecule has 5 nitrogen and oxygen atoms in total. The van der Waals surface area contributed by atoms with Crippen molar-refractivity contribution in [2.24, 2.45) is 0 Å². The van der Waals surface area contributed by atoms with E-state index in [1.807, 2.05) is 41.8 Å². The van der Waals surface area contributed by atoms with Gasteiger partial charge in [0.2, 0.25) is 0 Å². The van der Waals surface area contributed by atoms with Crippen LogP contribution >= 0.6 is 11.3 Å². The number of carbonyl (C=O) groups is 2.